The standard InChI is InChI=1S/C19H26N4OS2/c1-2-20-19(23-13-15-25-16-8-4-3-5-9-16)22-12-7-11-21-18(24)17-10-6-14-26-17/h3-6,8-10,14H,2,7,11-13,15H2,1H3,(H,21,24)(H2,20,22,23). The molecule has 0 bridgehead atoms. The smallest absolute Gasteiger partial charge is 0.261 e. The molecule has 0 aliphatic heterocycles. The Morgan fingerprint density at radius 2 is 1.92 bits per heavy atom. The van der Waals surface area contributed by atoms with Gasteiger partial charge in [0.05, 0.1) is 4.88 Å². The van der Waals surface area contributed by atoms with Crippen molar-refractivity contribution in [1.29, 1.82) is 0 Å². The third-order valence-corrected chi connectivity index (χ3v) is 5.27. The molecule has 0 aliphatic carbocycles. The lowest BCUT2D eigenvalue weighted by molar-refractivity contribution is 0.0957. The Labute approximate surface area is 163 Å². The first-order chi connectivity index (χ1) is 12.8. The predicted octanol–water partition coefficient (Wildman–Crippen LogP) is 3.22. The molecule has 5 nitrogen and oxygen atoms in total. The fourth-order valence-electron chi connectivity index (χ4n) is 2.16. The average molecular weight is 391 g/mol. The van der Waals surface area contributed by atoms with Gasteiger partial charge >= 0.3 is 0 Å². The molecule has 7 heteroatoms. The zero-order valence-electron chi connectivity index (χ0n) is 15.0. The van der Waals surface area contributed by atoms with Crippen molar-refractivity contribution in [3.05, 3.63) is 52.7 Å². The third-order valence-electron chi connectivity index (χ3n) is 3.39. The molecule has 0 unspecified atom stereocenters. The van der Waals surface area contributed by atoms with Gasteiger partial charge in [0.1, 0.15) is 0 Å². The Morgan fingerprint density at radius 3 is 2.65 bits per heavy atom. The van der Waals surface area contributed by atoms with Gasteiger partial charge in [-0.3, -0.25) is 9.79 Å². The molecular formula is C19H26N4OS2. The first kappa shape index (κ1) is 20.3. The minimum atomic E-state index is -0.00746. The fourth-order valence-corrected chi connectivity index (χ4v) is 3.59. The summed E-state index contributed by atoms with van der Waals surface area (Å²) >= 11 is 3.28. The van der Waals surface area contributed by atoms with Crippen molar-refractivity contribution in [2.24, 2.45) is 4.99 Å². The van der Waals surface area contributed by atoms with Crippen molar-refractivity contribution >= 4 is 35.0 Å². The largest absolute Gasteiger partial charge is 0.357 e. The molecule has 0 spiro atoms. The van der Waals surface area contributed by atoms with Crippen LogP contribution in [0.2, 0.25) is 0 Å². The van der Waals surface area contributed by atoms with E-state index in [0.29, 0.717) is 13.1 Å². The van der Waals surface area contributed by atoms with E-state index in [0.717, 1.165) is 36.1 Å². The molecule has 26 heavy (non-hydrogen) atoms. The fraction of sp³-hybridized carbons (Fsp3) is 0.368. The molecule has 140 valence electrons. The highest BCUT2D eigenvalue weighted by atomic mass is 32.2. The van der Waals surface area contributed by atoms with Gasteiger partial charge in [-0.1, -0.05) is 24.3 Å². The van der Waals surface area contributed by atoms with Crippen LogP contribution in [-0.2, 0) is 0 Å². The summed E-state index contributed by atoms with van der Waals surface area (Å²) < 4.78 is 0. The molecule has 2 aromatic rings. The number of carbonyl (C=O) groups excluding carboxylic acids is 1. The van der Waals surface area contributed by atoms with Crippen LogP contribution in [-0.4, -0.2) is 43.8 Å². The van der Waals surface area contributed by atoms with Crippen LogP contribution in [0.4, 0.5) is 0 Å². The molecule has 1 amide bonds. The summed E-state index contributed by atoms with van der Waals surface area (Å²) in [5.74, 6) is 1.79. The van der Waals surface area contributed by atoms with Gasteiger partial charge < -0.3 is 16.0 Å². The first-order valence-electron chi connectivity index (χ1n) is 8.81. The molecule has 2 rings (SSSR count). The summed E-state index contributed by atoms with van der Waals surface area (Å²) in [5, 5.41) is 11.4. The summed E-state index contributed by atoms with van der Waals surface area (Å²) in [4.78, 5) is 18.4. The predicted molar refractivity (Wildman–Crippen MR) is 112 cm³/mol. The molecule has 0 fully saturated rings. The minimum Gasteiger partial charge on any atom is -0.357 e. The summed E-state index contributed by atoms with van der Waals surface area (Å²) in [6.45, 7) is 5.03. The highest BCUT2D eigenvalue weighted by molar-refractivity contribution is 7.99. The first-order valence-corrected chi connectivity index (χ1v) is 10.7. The number of nitrogens with one attached hydrogen (secondary N) is 3. The highest BCUT2D eigenvalue weighted by Crippen LogP contribution is 2.15. The van der Waals surface area contributed by atoms with E-state index < -0.39 is 0 Å². The SMILES string of the molecule is CCNC(=NCCCNC(=O)c1cccs1)NCCSc1ccccc1. The number of rotatable bonds is 10. The maximum atomic E-state index is 11.8. The number of thioether (sulfide) groups is 1. The van der Waals surface area contributed by atoms with E-state index in [-0.39, 0.29) is 5.91 Å². The normalized spacial score (nSPS) is 11.2. The highest BCUT2D eigenvalue weighted by Gasteiger charge is 2.04. The maximum absolute atomic E-state index is 11.8. The Hall–Kier alpha value is -1.99. The van der Waals surface area contributed by atoms with Gasteiger partial charge in [-0.25, -0.2) is 0 Å². The van der Waals surface area contributed by atoms with Gasteiger partial charge in [-0.05, 0) is 36.9 Å². The Balaban J connectivity index is 1.61. The molecule has 1 aromatic heterocycles. The molecule has 1 aromatic carbocycles. The van der Waals surface area contributed by atoms with E-state index in [4.69, 9.17) is 0 Å². The van der Waals surface area contributed by atoms with Crippen LogP contribution in [0, 0.1) is 0 Å². The number of aliphatic imine (C=N–C) groups is 1. The van der Waals surface area contributed by atoms with Crippen LogP contribution < -0.4 is 16.0 Å². The molecule has 0 atom stereocenters. The molecule has 0 aliphatic rings. The van der Waals surface area contributed by atoms with E-state index >= 15 is 0 Å². The van der Waals surface area contributed by atoms with Gasteiger partial charge in [0.15, 0.2) is 5.96 Å². The molecule has 0 saturated heterocycles. The van der Waals surface area contributed by atoms with E-state index in [1.54, 1.807) is 0 Å². The summed E-state index contributed by atoms with van der Waals surface area (Å²) in [6, 6.07) is 14.1. The molecule has 3 N–H and O–H groups in total. The zero-order valence-corrected chi connectivity index (χ0v) is 16.7. The number of guanidine groups is 1. The lowest BCUT2D eigenvalue weighted by Crippen LogP contribution is -2.38. The summed E-state index contributed by atoms with van der Waals surface area (Å²) in [7, 11) is 0. The van der Waals surface area contributed by atoms with Crippen LogP contribution in [0.15, 0.2) is 57.7 Å². The van der Waals surface area contributed by atoms with Crippen molar-refractivity contribution in [2.75, 3.05) is 31.9 Å². The molecule has 0 radical (unpaired) electrons. The lowest BCUT2D eigenvalue weighted by Gasteiger charge is -2.11. The second kappa shape index (κ2) is 12.4. The van der Waals surface area contributed by atoms with Crippen molar-refractivity contribution in [3.63, 3.8) is 0 Å². The number of nitrogens with zero attached hydrogens (tertiary/aromatic N) is 1. The second-order valence-corrected chi connectivity index (χ2v) is 7.55. The third kappa shape index (κ3) is 7.93. The minimum absolute atomic E-state index is 0.00746. The average Bonchev–Trinajstić information content (AvgIpc) is 3.20. The number of hydrogen-bond acceptors (Lipinski definition) is 4. The van der Waals surface area contributed by atoms with Crippen LogP contribution in [0.1, 0.15) is 23.0 Å². The Kier molecular flexibility index (Phi) is 9.67. The van der Waals surface area contributed by atoms with Gasteiger partial charge in [0.2, 0.25) is 0 Å². The van der Waals surface area contributed by atoms with Crippen molar-refractivity contribution in [2.45, 2.75) is 18.2 Å². The zero-order chi connectivity index (χ0) is 18.5. The molecule has 1 heterocycles. The van der Waals surface area contributed by atoms with Crippen molar-refractivity contribution in [3.8, 4) is 0 Å². The summed E-state index contributed by atoms with van der Waals surface area (Å²) in [5.41, 5.74) is 0. The monoisotopic (exact) mass is 390 g/mol. The van der Waals surface area contributed by atoms with E-state index in [1.807, 2.05) is 35.3 Å². The molecule has 0 saturated carbocycles. The maximum Gasteiger partial charge on any atom is 0.261 e. The summed E-state index contributed by atoms with van der Waals surface area (Å²) in [6.07, 6.45) is 0.812. The van der Waals surface area contributed by atoms with Crippen molar-refractivity contribution in [1.82, 2.24) is 16.0 Å². The van der Waals surface area contributed by atoms with E-state index in [2.05, 4.69) is 52.1 Å². The lowest BCUT2D eigenvalue weighted by atomic mass is 10.4. The van der Waals surface area contributed by atoms with Gasteiger partial charge in [0, 0.05) is 36.8 Å². The van der Waals surface area contributed by atoms with Gasteiger partial charge in [-0.15, -0.1) is 23.1 Å². The number of thiophene rings is 1. The van der Waals surface area contributed by atoms with Gasteiger partial charge in [0.25, 0.3) is 5.91 Å². The number of amides is 1. The topological polar surface area (TPSA) is 65.5 Å². The number of benzene rings is 1. The van der Waals surface area contributed by atoms with Crippen molar-refractivity contribution < 1.29 is 4.79 Å². The van der Waals surface area contributed by atoms with E-state index in [1.165, 1.54) is 16.2 Å². The molecular weight excluding hydrogens is 364 g/mol. The number of hydrogen-bond donors (Lipinski definition) is 3. The van der Waals surface area contributed by atoms with Crippen LogP contribution in [0.5, 0.6) is 0 Å². The van der Waals surface area contributed by atoms with Crippen LogP contribution in [0.3, 0.4) is 0 Å². The number of carbonyl (C=O) groups is 1. The quantitative estimate of drug-likeness (QED) is 0.252. The second-order valence-electron chi connectivity index (χ2n) is 5.44. The Morgan fingerprint density at radius 1 is 1.08 bits per heavy atom. The van der Waals surface area contributed by atoms with Gasteiger partial charge in [-0.2, -0.15) is 0 Å². The Bertz CT molecular complexity index is 659. The van der Waals surface area contributed by atoms with Crippen LogP contribution >= 0.6 is 23.1 Å². The van der Waals surface area contributed by atoms with E-state index in [9.17, 15) is 4.79 Å². The van der Waals surface area contributed by atoms with Crippen LogP contribution in [0.25, 0.3) is 0 Å².